The number of nitrogens with one attached hydrogen (secondary N) is 2. The zero-order valence-electron chi connectivity index (χ0n) is 14.4. The zero-order chi connectivity index (χ0) is 17.5. The van der Waals surface area contributed by atoms with E-state index in [4.69, 9.17) is 11.6 Å². The van der Waals surface area contributed by atoms with Crippen LogP contribution in [0.3, 0.4) is 0 Å². The molecule has 24 heavy (non-hydrogen) atoms. The molecule has 0 radical (unpaired) electrons. The summed E-state index contributed by atoms with van der Waals surface area (Å²) in [4.78, 5) is 14.3. The fourth-order valence-electron chi connectivity index (χ4n) is 2.55. The first kappa shape index (κ1) is 18.1. The first-order valence-corrected chi connectivity index (χ1v) is 8.56. The Morgan fingerprint density at radius 1 is 1.08 bits per heavy atom. The van der Waals surface area contributed by atoms with Gasteiger partial charge in [-0.3, -0.25) is 4.79 Å². The molecule has 0 saturated carbocycles. The highest BCUT2D eigenvalue weighted by atomic mass is 35.5. The van der Waals surface area contributed by atoms with Crippen molar-refractivity contribution in [2.24, 2.45) is 0 Å². The van der Waals surface area contributed by atoms with Crippen molar-refractivity contribution in [1.29, 1.82) is 0 Å². The number of aryl methyl sites for hydroxylation is 1. The summed E-state index contributed by atoms with van der Waals surface area (Å²) in [6, 6.07) is 13.3. The number of halogens is 1. The summed E-state index contributed by atoms with van der Waals surface area (Å²) in [5.41, 5.74) is 4.03. The third-order valence-corrected chi connectivity index (χ3v) is 4.16. The summed E-state index contributed by atoms with van der Waals surface area (Å²) in [6.07, 6.45) is 0. The molecule has 0 aliphatic rings. The second-order valence-corrected chi connectivity index (χ2v) is 6.02. The van der Waals surface area contributed by atoms with Gasteiger partial charge >= 0.3 is 0 Å². The van der Waals surface area contributed by atoms with Gasteiger partial charge in [-0.2, -0.15) is 0 Å². The predicted octanol–water partition coefficient (Wildman–Crippen LogP) is 4.55. The highest BCUT2D eigenvalue weighted by molar-refractivity contribution is 6.30. The molecule has 0 heterocycles. The van der Waals surface area contributed by atoms with Crippen LogP contribution in [0.2, 0.25) is 5.02 Å². The van der Waals surface area contributed by atoms with Crippen LogP contribution in [0.25, 0.3) is 0 Å². The summed E-state index contributed by atoms with van der Waals surface area (Å²) in [6.45, 7) is 8.51. The molecule has 0 unspecified atom stereocenters. The van der Waals surface area contributed by atoms with E-state index in [1.807, 2.05) is 13.0 Å². The van der Waals surface area contributed by atoms with E-state index in [0.717, 1.165) is 30.0 Å². The van der Waals surface area contributed by atoms with Crippen LogP contribution in [0.4, 0.5) is 17.1 Å². The number of nitrogens with zero attached hydrogens (tertiary/aromatic N) is 1. The maximum atomic E-state index is 12.0. The standard InChI is InChI=1S/C19H24ClN3O/c1-4-23(5-2)17-10-11-18(14(3)12-17)21-13-19(24)22-16-8-6-15(20)7-9-16/h6-12,21H,4-5,13H2,1-3H3,(H,22,24). The van der Waals surface area contributed by atoms with E-state index in [0.29, 0.717) is 5.02 Å². The van der Waals surface area contributed by atoms with Crippen LogP contribution in [-0.2, 0) is 4.79 Å². The summed E-state index contributed by atoms with van der Waals surface area (Å²) < 4.78 is 0. The van der Waals surface area contributed by atoms with Gasteiger partial charge in [0.1, 0.15) is 0 Å². The van der Waals surface area contributed by atoms with Crippen LogP contribution in [-0.4, -0.2) is 25.5 Å². The Morgan fingerprint density at radius 3 is 2.33 bits per heavy atom. The fraction of sp³-hybridized carbons (Fsp3) is 0.316. The quantitative estimate of drug-likeness (QED) is 0.774. The number of carbonyl (C=O) groups is 1. The molecule has 2 aromatic rings. The molecule has 128 valence electrons. The van der Waals surface area contributed by atoms with Crippen LogP contribution in [0.15, 0.2) is 42.5 Å². The van der Waals surface area contributed by atoms with Crippen molar-refractivity contribution in [3.8, 4) is 0 Å². The van der Waals surface area contributed by atoms with Gasteiger partial charge in [-0.1, -0.05) is 11.6 Å². The molecule has 4 nitrogen and oxygen atoms in total. The SMILES string of the molecule is CCN(CC)c1ccc(NCC(=O)Nc2ccc(Cl)cc2)c(C)c1. The van der Waals surface area contributed by atoms with Crippen molar-refractivity contribution < 1.29 is 4.79 Å². The third-order valence-electron chi connectivity index (χ3n) is 3.91. The molecule has 5 heteroatoms. The van der Waals surface area contributed by atoms with Crippen molar-refractivity contribution in [2.45, 2.75) is 20.8 Å². The summed E-state index contributed by atoms with van der Waals surface area (Å²) in [5.74, 6) is -0.0930. The van der Waals surface area contributed by atoms with Gasteiger partial charge in [0, 0.05) is 35.2 Å². The van der Waals surface area contributed by atoms with Crippen LogP contribution < -0.4 is 15.5 Å². The number of amides is 1. The van der Waals surface area contributed by atoms with Gasteiger partial charge in [0.25, 0.3) is 0 Å². The maximum absolute atomic E-state index is 12.0. The van der Waals surface area contributed by atoms with Crippen LogP contribution in [0.1, 0.15) is 19.4 Å². The lowest BCUT2D eigenvalue weighted by Crippen LogP contribution is -2.23. The number of benzene rings is 2. The third kappa shape index (κ3) is 4.90. The smallest absolute Gasteiger partial charge is 0.243 e. The highest BCUT2D eigenvalue weighted by Gasteiger charge is 2.07. The molecule has 0 spiro atoms. The van der Waals surface area contributed by atoms with Crippen molar-refractivity contribution in [3.63, 3.8) is 0 Å². The lowest BCUT2D eigenvalue weighted by atomic mass is 10.1. The van der Waals surface area contributed by atoms with E-state index >= 15 is 0 Å². The average Bonchev–Trinajstić information content (AvgIpc) is 2.57. The molecule has 0 fully saturated rings. The first-order valence-electron chi connectivity index (χ1n) is 8.18. The largest absolute Gasteiger partial charge is 0.376 e. The lowest BCUT2D eigenvalue weighted by molar-refractivity contribution is -0.114. The molecule has 2 N–H and O–H groups in total. The van der Waals surface area contributed by atoms with Gasteiger partial charge in [-0.15, -0.1) is 0 Å². The maximum Gasteiger partial charge on any atom is 0.243 e. The molecule has 0 aliphatic heterocycles. The topological polar surface area (TPSA) is 44.4 Å². The van der Waals surface area contributed by atoms with E-state index in [-0.39, 0.29) is 12.5 Å². The Kier molecular flexibility index (Phi) is 6.50. The van der Waals surface area contributed by atoms with E-state index in [2.05, 4.69) is 41.5 Å². The Morgan fingerprint density at radius 2 is 1.75 bits per heavy atom. The van der Waals surface area contributed by atoms with Gasteiger partial charge in [-0.05, 0) is 68.8 Å². The van der Waals surface area contributed by atoms with Gasteiger partial charge in [0.05, 0.1) is 6.54 Å². The van der Waals surface area contributed by atoms with E-state index in [1.54, 1.807) is 24.3 Å². The zero-order valence-corrected chi connectivity index (χ0v) is 15.2. The molecule has 0 aliphatic carbocycles. The van der Waals surface area contributed by atoms with Crippen LogP contribution in [0, 0.1) is 6.92 Å². The van der Waals surface area contributed by atoms with E-state index < -0.39 is 0 Å². The summed E-state index contributed by atoms with van der Waals surface area (Å²) >= 11 is 5.83. The minimum atomic E-state index is -0.0930. The number of hydrogen-bond donors (Lipinski definition) is 2. The second kappa shape index (κ2) is 8.60. The number of rotatable bonds is 7. The molecular weight excluding hydrogens is 322 g/mol. The monoisotopic (exact) mass is 345 g/mol. The van der Waals surface area contributed by atoms with Crippen molar-refractivity contribution in [1.82, 2.24) is 0 Å². The van der Waals surface area contributed by atoms with Crippen LogP contribution >= 0.6 is 11.6 Å². The lowest BCUT2D eigenvalue weighted by Gasteiger charge is -2.22. The average molecular weight is 346 g/mol. The Hall–Kier alpha value is -2.20. The molecule has 2 aromatic carbocycles. The minimum Gasteiger partial charge on any atom is -0.376 e. The molecule has 2 rings (SSSR count). The van der Waals surface area contributed by atoms with Gasteiger partial charge in [0.15, 0.2) is 0 Å². The summed E-state index contributed by atoms with van der Waals surface area (Å²) in [7, 11) is 0. The fourth-order valence-corrected chi connectivity index (χ4v) is 2.67. The van der Waals surface area contributed by atoms with Crippen molar-refractivity contribution in [2.75, 3.05) is 35.2 Å². The van der Waals surface area contributed by atoms with Crippen molar-refractivity contribution >= 4 is 34.6 Å². The summed E-state index contributed by atoms with van der Waals surface area (Å²) in [5, 5.41) is 6.68. The van der Waals surface area contributed by atoms with E-state index in [9.17, 15) is 4.79 Å². The first-order chi connectivity index (χ1) is 11.5. The molecule has 0 aromatic heterocycles. The van der Waals surface area contributed by atoms with Gasteiger partial charge < -0.3 is 15.5 Å². The molecule has 0 atom stereocenters. The number of hydrogen-bond acceptors (Lipinski definition) is 3. The van der Waals surface area contributed by atoms with Crippen LogP contribution in [0.5, 0.6) is 0 Å². The number of carbonyl (C=O) groups excluding carboxylic acids is 1. The molecule has 1 amide bonds. The van der Waals surface area contributed by atoms with Gasteiger partial charge in [0.2, 0.25) is 5.91 Å². The normalized spacial score (nSPS) is 10.3. The molecule has 0 saturated heterocycles. The molecular formula is C19H24ClN3O. The highest BCUT2D eigenvalue weighted by Crippen LogP contribution is 2.22. The van der Waals surface area contributed by atoms with Crippen molar-refractivity contribution in [3.05, 3.63) is 53.1 Å². The van der Waals surface area contributed by atoms with E-state index in [1.165, 1.54) is 5.69 Å². The molecule has 0 bridgehead atoms. The Bertz CT molecular complexity index is 682. The minimum absolute atomic E-state index is 0.0930. The second-order valence-electron chi connectivity index (χ2n) is 5.58. The Labute approximate surface area is 148 Å². The number of anilines is 3. The predicted molar refractivity (Wildman–Crippen MR) is 103 cm³/mol. The Balaban J connectivity index is 1.93. The van der Waals surface area contributed by atoms with Gasteiger partial charge in [-0.25, -0.2) is 0 Å².